The minimum Gasteiger partial charge on any atom is -0.446 e. The molecule has 5 atom stereocenters. The van der Waals surface area contributed by atoms with Gasteiger partial charge in [0, 0.05) is 7.05 Å². The van der Waals surface area contributed by atoms with E-state index in [0.29, 0.717) is 17.8 Å². The minimum atomic E-state index is -0.405. The Kier molecular flexibility index (Phi) is 6.13. The van der Waals surface area contributed by atoms with Crippen molar-refractivity contribution in [3.05, 3.63) is 0 Å². The summed E-state index contributed by atoms with van der Waals surface area (Å²) < 4.78 is 5.87. The van der Waals surface area contributed by atoms with Gasteiger partial charge in [0.25, 0.3) is 0 Å². The highest BCUT2D eigenvalue weighted by atomic mass is 16.6. The van der Waals surface area contributed by atoms with Gasteiger partial charge in [0.2, 0.25) is 0 Å². The Hall–Kier alpha value is -0.770. The number of carbonyl (C=O) groups is 1. The SMILES string of the molecule is CC(C)[C@@H]1CC[C@@H](C)C[C@H]1OC(=O)N(C)[C@H]1CCCC[C@@H]1O. The van der Waals surface area contributed by atoms with E-state index < -0.39 is 6.10 Å². The van der Waals surface area contributed by atoms with E-state index in [1.165, 1.54) is 6.42 Å². The van der Waals surface area contributed by atoms with E-state index in [2.05, 4.69) is 20.8 Å². The maximum atomic E-state index is 12.5. The van der Waals surface area contributed by atoms with E-state index in [0.717, 1.165) is 38.5 Å². The molecule has 0 aromatic carbocycles. The van der Waals surface area contributed by atoms with E-state index in [9.17, 15) is 9.90 Å². The smallest absolute Gasteiger partial charge is 0.410 e. The third kappa shape index (κ3) is 4.15. The average Bonchev–Trinajstić information content (AvgIpc) is 2.46. The molecule has 1 amide bonds. The number of nitrogens with zero attached hydrogens (tertiary/aromatic N) is 1. The molecule has 4 heteroatoms. The van der Waals surface area contributed by atoms with Crippen LogP contribution in [0.4, 0.5) is 4.79 Å². The van der Waals surface area contributed by atoms with Crippen LogP contribution in [0, 0.1) is 17.8 Å². The Bertz CT molecular complexity index is 371. The lowest BCUT2D eigenvalue weighted by molar-refractivity contribution is -0.0276. The zero-order valence-electron chi connectivity index (χ0n) is 14.6. The van der Waals surface area contributed by atoms with Crippen LogP contribution in [0.1, 0.15) is 65.7 Å². The van der Waals surface area contributed by atoms with Crippen molar-refractivity contribution in [1.82, 2.24) is 4.90 Å². The number of amides is 1. The number of hydrogen-bond donors (Lipinski definition) is 1. The number of hydrogen-bond acceptors (Lipinski definition) is 3. The fraction of sp³-hybridized carbons (Fsp3) is 0.944. The monoisotopic (exact) mass is 311 g/mol. The van der Waals surface area contributed by atoms with E-state index in [1.807, 2.05) is 0 Å². The number of likely N-dealkylation sites (N-methyl/N-ethyl adjacent to an activating group) is 1. The normalized spacial score (nSPS) is 36.2. The molecule has 2 saturated carbocycles. The molecule has 2 fully saturated rings. The maximum Gasteiger partial charge on any atom is 0.410 e. The summed E-state index contributed by atoms with van der Waals surface area (Å²) in [6.45, 7) is 6.68. The summed E-state index contributed by atoms with van der Waals surface area (Å²) in [4.78, 5) is 14.2. The van der Waals surface area contributed by atoms with Crippen molar-refractivity contribution in [2.75, 3.05) is 7.05 Å². The molecular weight excluding hydrogens is 278 g/mol. The predicted molar refractivity (Wildman–Crippen MR) is 87.6 cm³/mol. The second-order valence-electron chi connectivity index (χ2n) is 7.78. The highest BCUT2D eigenvalue weighted by Crippen LogP contribution is 2.36. The lowest BCUT2D eigenvalue weighted by Crippen LogP contribution is -2.48. The first-order chi connectivity index (χ1) is 10.4. The largest absolute Gasteiger partial charge is 0.446 e. The number of aliphatic hydroxyl groups excluding tert-OH is 1. The molecule has 2 rings (SSSR count). The van der Waals surface area contributed by atoms with Crippen LogP contribution in [-0.2, 0) is 4.74 Å². The summed E-state index contributed by atoms with van der Waals surface area (Å²) in [6, 6.07) is -0.0836. The first kappa shape index (κ1) is 17.6. The molecule has 4 nitrogen and oxygen atoms in total. The molecule has 0 aliphatic heterocycles. The number of rotatable bonds is 3. The quantitative estimate of drug-likeness (QED) is 0.862. The molecule has 2 aliphatic carbocycles. The third-order valence-electron chi connectivity index (χ3n) is 5.69. The number of ether oxygens (including phenoxy) is 1. The van der Waals surface area contributed by atoms with Gasteiger partial charge in [0.05, 0.1) is 12.1 Å². The minimum absolute atomic E-state index is 0.0273. The molecule has 0 bridgehead atoms. The number of aliphatic hydroxyl groups is 1. The molecule has 128 valence electrons. The topological polar surface area (TPSA) is 49.8 Å². The second-order valence-corrected chi connectivity index (χ2v) is 7.78. The molecule has 0 saturated heterocycles. The van der Waals surface area contributed by atoms with Crippen molar-refractivity contribution in [3.8, 4) is 0 Å². The standard InChI is InChI=1S/C18H33NO3/c1-12(2)14-10-9-13(3)11-17(14)22-18(21)19(4)15-7-5-6-8-16(15)20/h12-17,20H,5-11H2,1-4H3/t13-,14+,15+,16+,17-/m1/s1. The molecule has 0 unspecified atom stereocenters. The zero-order valence-corrected chi connectivity index (χ0v) is 14.6. The van der Waals surface area contributed by atoms with Gasteiger partial charge in [-0.15, -0.1) is 0 Å². The predicted octanol–water partition coefficient (Wildman–Crippen LogP) is 3.82. The fourth-order valence-corrected chi connectivity index (χ4v) is 4.14. The van der Waals surface area contributed by atoms with Crippen molar-refractivity contribution in [2.24, 2.45) is 17.8 Å². The van der Waals surface area contributed by atoms with Gasteiger partial charge in [-0.25, -0.2) is 4.79 Å². The summed E-state index contributed by atoms with van der Waals surface area (Å²) in [6.07, 6.45) is 6.51. The van der Waals surface area contributed by atoms with Crippen LogP contribution >= 0.6 is 0 Å². The third-order valence-corrected chi connectivity index (χ3v) is 5.69. The van der Waals surface area contributed by atoms with Gasteiger partial charge in [-0.05, 0) is 43.4 Å². The van der Waals surface area contributed by atoms with Gasteiger partial charge in [-0.3, -0.25) is 0 Å². The molecule has 0 aromatic rings. The Labute approximate surface area is 135 Å². The molecule has 2 aliphatic rings. The van der Waals surface area contributed by atoms with Crippen molar-refractivity contribution in [3.63, 3.8) is 0 Å². The molecule has 0 aromatic heterocycles. The van der Waals surface area contributed by atoms with Gasteiger partial charge in [-0.2, -0.15) is 0 Å². The molecule has 0 spiro atoms. The van der Waals surface area contributed by atoms with Crippen molar-refractivity contribution in [1.29, 1.82) is 0 Å². The summed E-state index contributed by atoms with van der Waals surface area (Å²) in [5.74, 6) is 1.62. The van der Waals surface area contributed by atoms with Crippen molar-refractivity contribution < 1.29 is 14.6 Å². The van der Waals surface area contributed by atoms with Gasteiger partial charge in [-0.1, -0.05) is 40.0 Å². The maximum absolute atomic E-state index is 12.5. The van der Waals surface area contributed by atoms with Gasteiger partial charge in [0.15, 0.2) is 0 Å². The van der Waals surface area contributed by atoms with Crippen LogP contribution in [0.3, 0.4) is 0 Å². The Morgan fingerprint density at radius 3 is 2.50 bits per heavy atom. The summed E-state index contributed by atoms with van der Waals surface area (Å²) in [5, 5.41) is 10.1. The lowest BCUT2D eigenvalue weighted by Gasteiger charge is -2.39. The first-order valence-corrected chi connectivity index (χ1v) is 9.01. The van der Waals surface area contributed by atoms with E-state index >= 15 is 0 Å². The van der Waals surface area contributed by atoms with Crippen LogP contribution in [0.2, 0.25) is 0 Å². The highest BCUT2D eigenvalue weighted by molar-refractivity contribution is 5.68. The summed E-state index contributed by atoms with van der Waals surface area (Å²) >= 11 is 0. The van der Waals surface area contributed by atoms with Crippen LogP contribution in [0.25, 0.3) is 0 Å². The average molecular weight is 311 g/mol. The molecular formula is C18H33NO3. The highest BCUT2D eigenvalue weighted by Gasteiger charge is 2.36. The Morgan fingerprint density at radius 2 is 1.86 bits per heavy atom. The van der Waals surface area contributed by atoms with Crippen LogP contribution in [0.15, 0.2) is 0 Å². The Morgan fingerprint density at radius 1 is 1.18 bits per heavy atom. The Balaban J connectivity index is 1.96. The molecule has 1 N–H and O–H groups in total. The van der Waals surface area contributed by atoms with Crippen molar-refractivity contribution in [2.45, 2.75) is 84.0 Å². The molecule has 0 radical (unpaired) electrons. The van der Waals surface area contributed by atoms with Crippen LogP contribution in [-0.4, -0.2) is 41.4 Å². The number of carbonyl (C=O) groups excluding carboxylic acids is 1. The van der Waals surface area contributed by atoms with E-state index in [-0.39, 0.29) is 18.2 Å². The van der Waals surface area contributed by atoms with E-state index in [1.54, 1.807) is 11.9 Å². The van der Waals surface area contributed by atoms with Crippen LogP contribution in [0.5, 0.6) is 0 Å². The fourth-order valence-electron chi connectivity index (χ4n) is 4.14. The van der Waals surface area contributed by atoms with Crippen LogP contribution < -0.4 is 0 Å². The van der Waals surface area contributed by atoms with Gasteiger partial charge < -0.3 is 14.7 Å². The van der Waals surface area contributed by atoms with Crippen molar-refractivity contribution >= 4 is 6.09 Å². The van der Waals surface area contributed by atoms with Gasteiger partial charge in [0.1, 0.15) is 6.10 Å². The second kappa shape index (κ2) is 7.67. The first-order valence-electron chi connectivity index (χ1n) is 9.01. The lowest BCUT2D eigenvalue weighted by atomic mass is 9.75. The molecule has 22 heavy (non-hydrogen) atoms. The summed E-state index contributed by atoms with van der Waals surface area (Å²) in [7, 11) is 1.78. The molecule has 0 heterocycles. The summed E-state index contributed by atoms with van der Waals surface area (Å²) in [5.41, 5.74) is 0. The van der Waals surface area contributed by atoms with E-state index in [4.69, 9.17) is 4.74 Å². The zero-order chi connectivity index (χ0) is 16.3. The van der Waals surface area contributed by atoms with Gasteiger partial charge >= 0.3 is 6.09 Å².